The zero-order chi connectivity index (χ0) is 16.0. The average molecular weight is 313 g/mol. The first-order valence-electron chi connectivity index (χ1n) is 7.37. The molecule has 1 saturated carbocycles. The zero-order valence-electron chi connectivity index (χ0n) is 12.4. The van der Waals surface area contributed by atoms with E-state index in [0.717, 1.165) is 24.2 Å². The van der Waals surface area contributed by atoms with E-state index in [1.807, 2.05) is 0 Å². The molecule has 1 unspecified atom stereocenters. The highest BCUT2D eigenvalue weighted by Crippen LogP contribution is 2.39. The summed E-state index contributed by atoms with van der Waals surface area (Å²) in [5, 5.41) is 23.2. The summed E-state index contributed by atoms with van der Waals surface area (Å²) in [4.78, 5) is 20.1. The Morgan fingerprint density at radius 1 is 1.43 bits per heavy atom. The summed E-state index contributed by atoms with van der Waals surface area (Å²) >= 11 is 0. The number of hydrogen-bond acceptors (Lipinski definition) is 6. The van der Waals surface area contributed by atoms with Gasteiger partial charge in [-0.05, 0) is 19.8 Å². The van der Waals surface area contributed by atoms with E-state index in [4.69, 9.17) is 5.11 Å². The molecular formula is C14H15N7O2. The summed E-state index contributed by atoms with van der Waals surface area (Å²) in [6.07, 6.45) is 7.10. The first-order valence-corrected chi connectivity index (χ1v) is 7.37. The largest absolute Gasteiger partial charge is 0.480 e. The van der Waals surface area contributed by atoms with Crippen molar-refractivity contribution in [3.05, 3.63) is 24.4 Å². The van der Waals surface area contributed by atoms with Gasteiger partial charge in [0.25, 0.3) is 0 Å². The highest BCUT2D eigenvalue weighted by molar-refractivity contribution is 5.86. The number of rotatable bonds is 5. The van der Waals surface area contributed by atoms with Gasteiger partial charge in [0.1, 0.15) is 22.9 Å². The fraction of sp³-hybridized carbons (Fsp3) is 0.357. The van der Waals surface area contributed by atoms with E-state index in [9.17, 15) is 4.79 Å². The van der Waals surface area contributed by atoms with Gasteiger partial charge >= 0.3 is 5.97 Å². The van der Waals surface area contributed by atoms with Crippen molar-refractivity contribution in [3.8, 4) is 0 Å². The Hall–Kier alpha value is -2.97. The summed E-state index contributed by atoms with van der Waals surface area (Å²) in [6, 6.07) is -0.731. The first kappa shape index (κ1) is 13.7. The van der Waals surface area contributed by atoms with Gasteiger partial charge < -0.3 is 10.4 Å². The molecule has 0 amide bonds. The van der Waals surface area contributed by atoms with E-state index >= 15 is 0 Å². The van der Waals surface area contributed by atoms with Crippen LogP contribution in [0.1, 0.15) is 37.5 Å². The number of hydrogen-bond donors (Lipinski definition) is 3. The predicted octanol–water partition coefficient (Wildman–Crippen LogP) is 1.82. The second kappa shape index (κ2) is 5.04. The van der Waals surface area contributed by atoms with Crippen LogP contribution in [0.4, 0.5) is 11.5 Å². The molecule has 3 aromatic rings. The van der Waals surface area contributed by atoms with Gasteiger partial charge in [-0.2, -0.15) is 10.2 Å². The molecule has 4 rings (SSSR count). The Morgan fingerprint density at radius 2 is 2.26 bits per heavy atom. The van der Waals surface area contributed by atoms with E-state index in [1.165, 1.54) is 4.68 Å². The molecule has 3 N–H and O–H groups in total. The number of fused-ring (bicyclic) bond motifs is 1. The Labute approximate surface area is 130 Å². The summed E-state index contributed by atoms with van der Waals surface area (Å²) in [7, 11) is 0. The van der Waals surface area contributed by atoms with Crippen LogP contribution in [0.25, 0.3) is 11.0 Å². The van der Waals surface area contributed by atoms with E-state index in [2.05, 4.69) is 30.6 Å². The first-order chi connectivity index (χ1) is 11.1. The summed E-state index contributed by atoms with van der Waals surface area (Å²) in [5.41, 5.74) is 2.14. The number of nitrogens with zero attached hydrogens (tertiary/aromatic N) is 5. The maximum absolute atomic E-state index is 11.0. The predicted molar refractivity (Wildman–Crippen MR) is 81.5 cm³/mol. The quantitative estimate of drug-likeness (QED) is 0.656. The molecule has 0 spiro atoms. The van der Waals surface area contributed by atoms with Crippen LogP contribution in [-0.2, 0) is 4.79 Å². The highest BCUT2D eigenvalue weighted by atomic mass is 16.4. The Morgan fingerprint density at radius 3 is 3.00 bits per heavy atom. The molecule has 118 valence electrons. The van der Waals surface area contributed by atoms with E-state index in [0.29, 0.717) is 22.9 Å². The smallest absolute Gasteiger partial charge is 0.328 e. The van der Waals surface area contributed by atoms with Crippen molar-refractivity contribution < 1.29 is 9.90 Å². The van der Waals surface area contributed by atoms with Crippen LogP contribution in [-0.4, -0.2) is 41.0 Å². The lowest BCUT2D eigenvalue weighted by Gasteiger charge is -2.07. The molecule has 9 heteroatoms. The van der Waals surface area contributed by atoms with Crippen LogP contribution < -0.4 is 5.32 Å². The number of anilines is 2. The molecule has 1 aliphatic rings. The van der Waals surface area contributed by atoms with Crippen molar-refractivity contribution in [2.75, 3.05) is 5.32 Å². The molecule has 3 aromatic heterocycles. The van der Waals surface area contributed by atoms with Crippen molar-refractivity contribution in [3.63, 3.8) is 0 Å². The fourth-order valence-corrected chi connectivity index (χ4v) is 2.34. The third-order valence-electron chi connectivity index (χ3n) is 3.88. The number of aromatic nitrogens is 6. The summed E-state index contributed by atoms with van der Waals surface area (Å²) in [6.45, 7) is 1.57. The van der Waals surface area contributed by atoms with E-state index in [1.54, 1.807) is 25.5 Å². The number of aromatic amines is 1. The molecular weight excluding hydrogens is 298 g/mol. The van der Waals surface area contributed by atoms with Crippen LogP contribution in [0.15, 0.2) is 18.6 Å². The van der Waals surface area contributed by atoms with Crippen molar-refractivity contribution in [1.29, 1.82) is 0 Å². The van der Waals surface area contributed by atoms with Gasteiger partial charge in [-0.15, -0.1) is 0 Å². The van der Waals surface area contributed by atoms with Crippen LogP contribution in [0.5, 0.6) is 0 Å². The van der Waals surface area contributed by atoms with Gasteiger partial charge in [0, 0.05) is 12.1 Å². The molecule has 0 aliphatic heterocycles. The number of nitrogens with one attached hydrogen (secondary N) is 2. The van der Waals surface area contributed by atoms with Gasteiger partial charge in [0.2, 0.25) is 0 Å². The second-order valence-corrected chi connectivity index (χ2v) is 5.68. The van der Waals surface area contributed by atoms with Crippen molar-refractivity contribution in [2.45, 2.75) is 31.7 Å². The second-order valence-electron chi connectivity index (χ2n) is 5.68. The van der Waals surface area contributed by atoms with Gasteiger partial charge in [-0.3, -0.25) is 9.78 Å². The zero-order valence-corrected chi connectivity index (χ0v) is 12.4. The molecule has 1 aliphatic carbocycles. The minimum atomic E-state index is -0.936. The molecule has 0 bridgehead atoms. The van der Waals surface area contributed by atoms with Crippen molar-refractivity contribution >= 4 is 28.5 Å². The number of aliphatic carboxylic acids is 1. The third kappa shape index (κ3) is 2.50. The third-order valence-corrected chi connectivity index (χ3v) is 3.88. The van der Waals surface area contributed by atoms with Gasteiger partial charge in [0.05, 0.1) is 18.1 Å². The lowest BCUT2D eigenvalue weighted by molar-refractivity contribution is -0.140. The minimum Gasteiger partial charge on any atom is -0.480 e. The SMILES string of the molecule is CC(C(=O)O)n1cc(Nc2nc(C3CC3)nc3cn[nH]c23)cn1. The van der Waals surface area contributed by atoms with Crippen LogP contribution in [0, 0.1) is 0 Å². The maximum Gasteiger partial charge on any atom is 0.328 e. The number of carbonyl (C=O) groups is 1. The lowest BCUT2D eigenvalue weighted by atomic mass is 10.3. The standard InChI is InChI=1S/C14H15N7O2/c1-7(14(22)23)21-6-9(4-16-21)17-13-11-10(5-15-20-11)18-12(19-13)8-2-3-8/h4-8H,2-3H2,1H3,(H,15,20)(H,22,23)(H,17,18,19). The van der Waals surface area contributed by atoms with Crippen molar-refractivity contribution in [1.82, 2.24) is 29.9 Å². The van der Waals surface area contributed by atoms with E-state index in [-0.39, 0.29) is 0 Å². The Balaban J connectivity index is 1.67. The fourth-order valence-electron chi connectivity index (χ4n) is 2.34. The highest BCUT2D eigenvalue weighted by Gasteiger charge is 2.28. The normalized spacial score (nSPS) is 15.7. The van der Waals surface area contributed by atoms with Crippen LogP contribution >= 0.6 is 0 Å². The van der Waals surface area contributed by atoms with Gasteiger partial charge in [-0.25, -0.2) is 14.8 Å². The molecule has 0 aromatic carbocycles. The lowest BCUT2D eigenvalue weighted by Crippen LogP contribution is -2.15. The minimum absolute atomic E-state index is 0.421. The topological polar surface area (TPSA) is 122 Å². The molecule has 0 radical (unpaired) electrons. The number of carboxylic acid groups (broad SMARTS) is 1. The molecule has 23 heavy (non-hydrogen) atoms. The van der Waals surface area contributed by atoms with E-state index < -0.39 is 12.0 Å². The monoisotopic (exact) mass is 313 g/mol. The Bertz CT molecular complexity index is 880. The summed E-state index contributed by atoms with van der Waals surface area (Å²) in [5.74, 6) is 0.919. The molecule has 1 fully saturated rings. The maximum atomic E-state index is 11.0. The summed E-state index contributed by atoms with van der Waals surface area (Å²) < 4.78 is 1.39. The molecule has 3 heterocycles. The van der Waals surface area contributed by atoms with Crippen LogP contribution in [0.3, 0.4) is 0 Å². The van der Waals surface area contributed by atoms with Crippen molar-refractivity contribution in [2.24, 2.45) is 0 Å². The average Bonchev–Trinajstić information content (AvgIpc) is 3.09. The Kier molecular flexibility index (Phi) is 3.00. The molecule has 0 saturated heterocycles. The number of H-pyrrole nitrogens is 1. The molecule has 1 atom stereocenters. The number of carboxylic acids is 1. The van der Waals surface area contributed by atoms with Gasteiger partial charge in [0.15, 0.2) is 5.82 Å². The van der Waals surface area contributed by atoms with Gasteiger partial charge in [-0.1, -0.05) is 0 Å². The van der Waals surface area contributed by atoms with Crippen LogP contribution in [0.2, 0.25) is 0 Å². The molecule has 9 nitrogen and oxygen atoms in total.